The van der Waals surface area contributed by atoms with Crippen LogP contribution < -0.4 is 9.47 Å². The molecule has 3 aromatic rings. The third-order valence-corrected chi connectivity index (χ3v) is 7.12. The Balaban J connectivity index is 1.38. The highest BCUT2D eigenvalue weighted by molar-refractivity contribution is 5.76. The second-order valence-corrected chi connectivity index (χ2v) is 9.71. The van der Waals surface area contributed by atoms with Gasteiger partial charge < -0.3 is 14.6 Å². The first-order valence-electron chi connectivity index (χ1n) is 12.9. The van der Waals surface area contributed by atoms with Crippen molar-refractivity contribution in [2.24, 2.45) is 5.92 Å². The lowest BCUT2D eigenvalue weighted by Gasteiger charge is -2.28. The van der Waals surface area contributed by atoms with Crippen LogP contribution in [-0.2, 0) is 4.79 Å². The van der Waals surface area contributed by atoms with Gasteiger partial charge in [0.15, 0.2) is 23.1 Å². The van der Waals surface area contributed by atoms with Crippen LogP contribution >= 0.6 is 0 Å². The number of ether oxygens (including phenoxy) is 2. The number of hydrogen-bond donors (Lipinski definition) is 1. The number of carbonyl (C=O) groups is 1. The van der Waals surface area contributed by atoms with Gasteiger partial charge >= 0.3 is 5.97 Å². The average Bonchev–Trinajstić information content (AvgIpc) is 2.94. The standard InChI is InChI=1S/C31H30F4O4/c1-3-4-17-38-25-15-13-23(27(32)29(25)34)21-9-11-22(12-10-21)31(37)39-26-16-14-24(28(33)30(26)35)20-7-5-19(6-8-20)18(2)36/h3,5-8,13-16,18,21-22,36H,1,4,9-12,17H2,2H3. The van der Waals surface area contributed by atoms with Crippen LogP contribution in [0.25, 0.3) is 11.1 Å². The molecule has 3 aromatic carbocycles. The summed E-state index contributed by atoms with van der Waals surface area (Å²) in [6.07, 6.45) is 2.91. The molecule has 0 radical (unpaired) electrons. The Hall–Kier alpha value is -3.65. The first-order valence-corrected chi connectivity index (χ1v) is 12.9. The van der Waals surface area contributed by atoms with E-state index in [-0.39, 0.29) is 29.4 Å². The molecule has 1 N–H and O–H groups in total. The molecular weight excluding hydrogens is 512 g/mol. The van der Waals surface area contributed by atoms with Gasteiger partial charge in [0.25, 0.3) is 0 Å². The SMILES string of the molecule is C=CCCOc1ccc(C2CCC(C(=O)Oc3ccc(-c4ccc(C(C)O)cc4)c(F)c3F)CC2)c(F)c1F. The van der Waals surface area contributed by atoms with Crippen molar-refractivity contribution in [1.82, 2.24) is 0 Å². The van der Waals surface area contributed by atoms with Crippen molar-refractivity contribution in [2.75, 3.05) is 6.61 Å². The molecule has 0 heterocycles. The molecule has 0 amide bonds. The van der Waals surface area contributed by atoms with Gasteiger partial charge in [0.2, 0.25) is 11.6 Å². The third kappa shape index (κ3) is 6.33. The van der Waals surface area contributed by atoms with E-state index in [1.54, 1.807) is 37.3 Å². The van der Waals surface area contributed by atoms with Gasteiger partial charge in [-0.25, -0.2) is 8.78 Å². The van der Waals surface area contributed by atoms with E-state index in [2.05, 4.69) is 6.58 Å². The van der Waals surface area contributed by atoms with Crippen molar-refractivity contribution in [2.45, 2.75) is 51.0 Å². The molecule has 1 aliphatic rings. The monoisotopic (exact) mass is 542 g/mol. The van der Waals surface area contributed by atoms with Crippen molar-refractivity contribution in [1.29, 1.82) is 0 Å². The van der Waals surface area contributed by atoms with Crippen LogP contribution in [-0.4, -0.2) is 17.7 Å². The van der Waals surface area contributed by atoms with Crippen molar-refractivity contribution < 1.29 is 36.9 Å². The molecule has 0 aliphatic heterocycles. The largest absolute Gasteiger partial charge is 0.490 e. The molecule has 4 nitrogen and oxygen atoms in total. The highest BCUT2D eigenvalue weighted by Crippen LogP contribution is 2.39. The normalized spacial score (nSPS) is 17.9. The van der Waals surface area contributed by atoms with Crippen LogP contribution in [0.1, 0.15) is 62.2 Å². The second kappa shape index (κ2) is 12.5. The lowest BCUT2D eigenvalue weighted by Crippen LogP contribution is -2.26. The van der Waals surface area contributed by atoms with Gasteiger partial charge in [0.05, 0.1) is 18.6 Å². The van der Waals surface area contributed by atoms with Crippen molar-refractivity contribution in [3.05, 3.63) is 95.6 Å². The van der Waals surface area contributed by atoms with Crippen LogP contribution in [0, 0.1) is 29.2 Å². The van der Waals surface area contributed by atoms with Crippen LogP contribution in [0.3, 0.4) is 0 Å². The van der Waals surface area contributed by atoms with Gasteiger partial charge in [-0.3, -0.25) is 4.79 Å². The summed E-state index contributed by atoms with van der Waals surface area (Å²) in [6, 6.07) is 11.8. The summed E-state index contributed by atoms with van der Waals surface area (Å²) in [5.74, 6) is -6.67. The highest BCUT2D eigenvalue weighted by Gasteiger charge is 2.31. The summed E-state index contributed by atoms with van der Waals surface area (Å²) >= 11 is 0. The van der Waals surface area contributed by atoms with Crippen LogP contribution in [0.15, 0.2) is 61.2 Å². The van der Waals surface area contributed by atoms with E-state index < -0.39 is 47.0 Å². The molecule has 8 heteroatoms. The Labute approximate surface area is 224 Å². The number of rotatable bonds is 9. The van der Waals surface area contributed by atoms with Crippen molar-refractivity contribution >= 4 is 5.97 Å². The topological polar surface area (TPSA) is 55.8 Å². The minimum Gasteiger partial charge on any atom is -0.490 e. The summed E-state index contributed by atoms with van der Waals surface area (Å²) in [5.41, 5.74) is 1.27. The first-order chi connectivity index (χ1) is 18.7. The number of benzene rings is 3. The number of esters is 1. The lowest BCUT2D eigenvalue weighted by atomic mass is 9.78. The van der Waals surface area contributed by atoms with Crippen LogP contribution in [0.5, 0.6) is 11.5 Å². The van der Waals surface area contributed by atoms with Crippen molar-refractivity contribution in [3.63, 3.8) is 0 Å². The van der Waals surface area contributed by atoms with E-state index in [0.29, 0.717) is 43.2 Å². The Morgan fingerprint density at radius 2 is 1.56 bits per heavy atom. The molecule has 1 fully saturated rings. The Morgan fingerprint density at radius 3 is 2.21 bits per heavy atom. The zero-order chi connectivity index (χ0) is 28.1. The summed E-state index contributed by atoms with van der Waals surface area (Å²) in [6.45, 7) is 5.35. The first kappa shape index (κ1) is 28.4. The number of halogens is 4. The summed E-state index contributed by atoms with van der Waals surface area (Å²) in [4.78, 5) is 12.7. The number of hydrogen-bond acceptors (Lipinski definition) is 4. The van der Waals surface area contributed by atoms with Crippen LogP contribution in [0.4, 0.5) is 17.6 Å². The summed E-state index contributed by atoms with van der Waals surface area (Å²) in [5, 5.41) is 9.63. The lowest BCUT2D eigenvalue weighted by molar-refractivity contribution is -0.140. The van der Waals surface area contributed by atoms with Gasteiger partial charge in [-0.05, 0) is 79.8 Å². The predicted molar refractivity (Wildman–Crippen MR) is 139 cm³/mol. The molecule has 1 aliphatic carbocycles. The smallest absolute Gasteiger partial charge is 0.314 e. The van der Waals surface area contributed by atoms with E-state index in [4.69, 9.17) is 9.47 Å². The number of carbonyl (C=O) groups excluding carboxylic acids is 1. The molecular formula is C31H30F4O4. The molecule has 1 atom stereocenters. The molecule has 0 bridgehead atoms. The minimum atomic E-state index is -1.28. The van der Waals surface area contributed by atoms with Gasteiger partial charge in [-0.1, -0.05) is 36.4 Å². The molecule has 39 heavy (non-hydrogen) atoms. The summed E-state index contributed by atoms with van der Waals surface area (Å²) in [7, 11) is 0. The maximum absolute atomic E-state index is 14.8. The van der Waals surface area contributed by atoms with Crippen LogP contribution in [0.2, 0.25) is 0 Å². The quantitative estimate of drug-likeness (QED) is 0.0986. The van der Waals surface area contributed by atoms with E-state index in [0.717, 1.165) is 0 Å². The maximum Gasteiger partial charge on any atom is 0.314 e. The zero-order valence-corrected chi connectivity index (χ0v) is 21.6. The average molecular weight is 543 g/mol. The molecule has 0 spiro atoms. The fourth-order valence-corrected chi connectivity index (χ4v) is 4.83. The predicted octanol–water partition coefficient (Wildman–Crippen LogP) is 7.80. The van der Waals surface area contributed by atoms with E-state index in [9.17, 15) is 27.5 Å². The zero-order valence-electron chi connectivity index (χ0n) is 21.6. The molecule has 0 saturated heterocycles. The van der Waals surface area contributed by atoms with E-state index in [1.807, 2.05) is 0 Å². The van der Waals surface area contributed by atoms with Gasteiger partial charge in [-0.2, -0.15) is 8.78 Å². The Bertz CT molecular complexity index is 1330. The molecule has 206 valence electrons. The Kier molecular flexibility index (Phi) is 9.07. The Morgan fingerprint density at radius 1 is 0.923 bits per heavy atom. The number of aliphatic hydroxyl groups excluding tert-OH is 1. The van der Waals surface area contributed by atoms with Gasteiger partial charge in [0, 0.05) is 5.56 Å². The molecule has 1 saturated carbocycles. The minimum absolute atomic E-state index is 0.00340. The second-order valence-electron chi connectivity index (χ2n) is 9.71. The van der Waals surface area contributed by atoms with Gasteiger partial charge in [0.1, 0.15) is 0 Å². The molecule has 1 unspecified atom stereocenters. The fraction of sp³-hybridized carbons (Fsp3) is 0.323. The van der Waals surface area contributed by atoms with Gasteiger partial charge in [-0.15, -0.1) is 6.58 Å². The fourth-order valence-electron chi connectivity index (χ4n) is 4.83. The van der Waals surface area contributed by atoms with E-state index in [1.165, 1.54) is 24.3 Å². The number of aliphatic hydroxyl groups is 1. The van der Waals surface area contributed by atoms with Crippen molar-refractivity contribution in [3.8, 4) is 22.6 Å². The summed E-state index contributed by atoms with van der Waals surface area (Å²) < 4.78 is 69.3. The highest BCUT2D eigenvalue weighted by atomic mass is 19.2. The third-order valence-electron chi connectivity index (χ3n) is 7.12. The molecule has 0 aromatic heterocycles. The van der Waals surface area contributed by atoms with E-state index >= 15 is 0 Å². The maximum atomic E-state index is 14.8. The molecule has 4 rings (SSSR count).